The Morgan fingerprint density at radius 3 is 2.48 bits per heavy atom. The summed E-state index contributed by atoms with van der Waals surface area (Å²) in [6.07, 6.45) is 0. The van der Waals surface area contributed by atoms with E-state index >= 15 is 0 Å². The van der Waals surface area contributed by atoms with Gasteiger partial charge in [-0.1, -0.05) is 32.9 Å². The summed E-state index contributed by atoms with van der Waals surface area (Å²) < 4.78 is 13.6. The third-order valence-electron chi connectivity index (χ3n) is 3.65. The molecule has 1 heterocycles. The van der Waals surface area contributed by atoms with Crippen molar-refractivity contribution in [2.24, 2.45) is 4.99 Å². The molecule has 1 aromatic carbocycles. The van der Waals surface area contributed by atoms with Crippen LogP contribution in [0.15, 0.2) is 28.6 Å². The molecule has 0 fully saturated rings. The minimum absolute atomic E-state index is 0. The van der Waals surface area contributed by atoms with Crippen LogP contribution in [0, 0.1) is 12.7 Å². The summed E-state index contributed by atoms with van der Waals surface area (Å²) in [5, 5.41) is 9.55. The first-order chi connectivity index (χ1) is 11.3. The number of hydrogen-bond acceptors (Lipinski definition) is 3. The van der Waals surface area contributed by atoms with E-state index in [4.69, 9.17) is 0 Å². The highest BCUT2D eigenvalue weighted by atomic mass is 127. The predicted octanol–water partition coefficient (Wildman–Crippen LogP) is 4.37. The lowest BCUT2D eigenvalue weighted by atomic mass is 9.93. The van der Waals surface area contributed by atoms with E-state index in [0.717, 1.165) is 16.3 Å². The van der Waals surface area contributed by atoms with Gasteiger partial charge in [0.05, 0.1) is 12.2 Å². The van der Waals surface area contributed by atoms with E-state index in [2.05, 4.69) is 46.8 Å². The van der Waals surface area contributed by atoms with Gasteiger partial charge >= 0.3 is 0 Å². The van der Waals surface area contributed by atoms with Gasteiger partial charge in [0.15, 0.2) is 5.96 Å². The highest BCUT2D eigenvalue weighted by Gasteiger charge is 2.17. The zero-order chi connectivity index (χ0) is 17.7. The zero-order valence-corrected chi connectivity index (χ0v) is 18.5. The fourth-order valence-corrected chi connectivity index (χ4v) is 3.01. The second-order valence-corrected chi connectivity index (χ2v) is 7.68. The summed E-state index contributed by atoms with van der Waals surface area (Å²) in [7, 11) is 1.72. The standard InChI is InChI=1S/C18H25FN4S.HI/c1-12-6-7-13(8-14(12)19)9-21-17(20-5)22-10-16-23-15(11-24-16)18(2,3)4;/h6-8,11H,9-10H2,1-5H3,(H2,20,21,22);1H. The minimum Gasteiger partial charge on any atom is -0.352 e. The second-order valence-electron chi connectivity index (χ2n) is 6.74. The van der Waals surface area contributed by atoms with Crippen LogP contribution >= 0.6 is 35.3 Å². The van der Waals surface area contributed by atoms with Gasteiger partial charge in [-0.25, -0.2) is 9.37 Å². The number of nitrogens with one attached hydrogen (secondary N) is 2. The molecular weight excluding hydrogens is 450 g/mol. The van der Waals surface area contributed by atoms with E-state index in [9.17, 15) is 4.39 Å². The molecule has 4 nitrogen and oxygen atoms in total. The van der Waals surface area contributed by atoms with Crippen molar-refractivity contribution in [2.75, 3.05) is 7.05 Å². The van der Waals surface area contributed by atoms with Crippen LogP contribution in [0.4, 0.5) is 4.39 Å². The summed E-state index contributed by atoms with van der Waals surface area (Å²) in [4.78, 5) is 8.84. The van der Waals surface area contributed by atoms with Crippen molar-refractivity contribution in [2.45, 2.75) is 46.2 Å². The maximum Gasteiger partial charge on any atom is 0.191 e. The lowest BCUT2D eigenvalue weighted by Gasteiger charge is -2.14. The van der Waals surface area contributed by atoms with Gasteiger partial charge in [-0.3, -0.25) is 4.99 Å². The van der Waals surface area contributed by atoms with Crippen LogP contribution in [-0.4, -0.2) is 18.0 Å². The van der Waals surface area contributed by atoms with Crippen molar-refractivity contribution < 1.29 is 4.39 Å². The summed E-state index contributed by atoms with van der Waals surface area (Å²) in [6.45, 7) is 9.35. The molecule has 25 heavy (non-hydrogen) atoms. The van der Waals surface area contributed by atoms with Crippen molar-refractivity contribution in [1.29, 1.82) is 0 Å². The SMILES string of the molecule is CN=C(NCc1ccc(C)c(F)c1)NCc1nc(C(C)(C)C)cs1.I. The van der Waals surface area contributed by atoms with Gasteiger partial charge in [-0.05, 0) is 24.1 Å². The molecule has 0 spiro atoms. The number of nitrogens with zero attached hydrogens (tertiary/aromatic N) is 2. The Morgan fingerprint density at radius 1 is 1.24 bits per heavy atom. The molecule has 0 aliphatic rings. The number of aryl methyl sites for hydroxylation is 1. The molecule has 0 saturated heterocycles. The van der Waals surface area contributed by atoms with Gasteiger partial charge in [0.1, 0.15) is 10.8 Å². The Balaban J connectivity index is 0.00000312. The molecule has 0 atom stereocenters. The molecule has 2 N–H and O–H groups in total. The van der Waals surface area contributed by atoms with E-state index in [1.54, 1.807) is 37.4 Å². The molecule has 0 saturated carbocycles. The van der Waals surface area contributed by atoms with Crippen LogP contribution in [0.25, 0.3) is 0 Å². The van der Waals surface area contributed by atoms with E-state index < -0.39 is 0 Å². The Labute approximate surface area is 170 Å². The second kappa shape index (κ2) is 9.47. The normalized spacial score (nSPS) is 11.8. The molecule has 0 aliphatic carbocycles. The Hall–Kier alpha value is -1.22. The van der Waals surface area contributed by atoms with E-state index in [1.807, 2.05) is 6.07 Å². The average molecular weight is 476 g/mol. The minimum atomic E-state index is -0.185. The first-order valence-electron chi connectivity index (χ1n) is 7.94. The third kappa shape index (κ3) is 6.54. The molecule has 0 bridgehead atoms. The number of benzene rings is 1. The van der Waals surface area contributed by atoms with Crippen LogP contribution < -0.4 is 10.6 Å². The number of hydrogen-bond donors (Lipinski definition) is 2. The molecule has 138 valence electrons. The monoisotopic (exact) mass is 476 g/mol. The molecule has 2 rings (SSSR count). The van der Waals surface area contributed by atoms with Crippen molar-refractivity contribution >= 4 is 41.3 Å². The summed E-state index contributed by atoms with van der Waals surface area (Å²) in [5.41, 5.74) is 2.69. The van der Waals surface area contributed by atoms with E-state index in [0.29, 0.717) is 24.6 Å². The number of rotatable bonds is 4. The van der Waals surface area contributed by atoms with Gasteiger partial charge in [0.25, 0.3) is 0 Å². The molecule has 0 unspecified atom stereocenters. The molecule has 0 aliphatic heterocycles. The molecular formula is C18H26FIN4S. The van der Waals surface area contributed by atoms with Gasteiger partial charge in [0.2, 0.25) is 0 Å². The Morgan fingerprint density at radius 2 is 1.92 bits per heavy atom. The number of thiazole rings is 1. The van der Waals surface area contributed by atoms with Crippen molar-refractivity contribution in [3.8, 4) is 0 Å². The summed E-state index contributed by atoms with van der Waals surface area (Å²) in [5.74, 6) is 0.484. The Kier molecular flexibility index (Phi) is 8.27. The lowest BCUT2D eigenvalue weighted by Crippen LogP contribution is -2.36. The third-order valence-corrected chi connectivity index (χ3v) is 4.50. The number of guanidine groups is 1. The van der Waals surface area contributed by atoms with Crippen LogP contribution in [0.2, 0.25) is 0 Å². The predicted molar refractivity (Wildman–Crippen MR) is 114 cm³/mol. The molecule has 0 radical (unpaired) electrons. The Bertz CT molecular complexity index is 722. The molecule has 2 aromatic rings. The van der Waals surface area contributed by atoms with Crippen LogP contribution in [0.3, 0.4) is 0 Å². The van der Waals surface area contributed by atoms with Crippen LogP contribution in [0.1, 0.15) is 42.6 Å². The van der Waals surface area contributed by atoms with E-state index in [1.165, 1.54) is 0 Å². The number of aliphatic imine (C=N–C) groups is 1. The first kappa shape index (κ1) is 21.8. The maximum atomic E-state index is 13.6. The topological polar surface area (TPSA) is 49.3 Å². The zero-order valence-electron chi connectivity index (χ0n) is 15.3. The van der Waals surface area contributed by atoms with E-state index in [-0.39, 0.29) is 35.2 Å². The highest BCUT2D eigenvalue weighted by Crippen LogP contribution is 2.23. The quantitative estimate of drug-likeness (QED) is 0.392. The fraction of sp³-hybridized carbons (Fsp3) is 0.444. The fourth-order valence-electron chi connectivity index (χ4n) is 2.05. The first-order valence-corrected chi connectivity index (χ1v) is 8.82. The molecule has 0 amide bonds. The smallest absolute Gasteiger partial charge is 0.191 e. The van der Waals surface area contributed by atoms with Crippen molar-refractivity contribution in [1.82, 2.24) is 15.6 Å². The molecule has 7 heteroatoms. The number of aromatic nitrogens is 1. The van der Waals surface area contributed by atoms with Gasteiger partial charge in [-0.15, -0.1) is 35.3 Å². The average Bonchev–Trinajstić information content (AvgIpc) is 3.00. The summed E-state index contributed by atoms with van der Waals surface area (Å²) in [6, 6.07) is 5.24. The molecule has 1 aromatic heterocycles. The highest BCUT2D eigenvalue weighted by molar-refractivity contribution is 14.0. The summed E-state index contributed by atoms with van der Waals surface area (Å²) >= 11 is 1.64. The number of halogens is 2. The maximum absolute atomic E-state index is 13.6. The van der Waals surface area contributed by atoms with Crippen molar-refractivity contribution in [3.63, 3.8) is 0 Å². The van der Waals surface area contributed by atoms with Gasteiger partial charge in [0, 0.05) is 24.4 Å². The van der Waals surface area contributed by atoms with Crippen molar-refractivity contribution in [3.05, 3.63) is 51.2 Å². The lowest BCUT2D eigenvalue weighted by molar-refractivity contribution is 0.570. The van der Waals surface area contributed by atoms with Gasteiger partial charge < -0.3 is 10.6 Å². The van der Waals surface area contributed by atoms with Crippen LogP contribution in [0.5, 0.6) is 0 Å². The van der Waals surface area contributed by atoms with Gasteiger partial charge in [-0.2, -0.15) is 0 Å². The van der Waals surface area contributed by atoms with Crippen LogP contribution in [-0.2, 0) is 18.5 Å². The largest absolute Gasteiger partial charge is 0.352 e.